The van der Waals surface area contributed by atoms with Gasteiger partial charge < -0.3 is 11.1 Å². The highest BCUT2D eigenvalue weighted by Gasteiger charge is 2.36. The van der Waals surface area contributed by atoms with Gasteiger partial charge in [-0.1, -0.05) is 17.7 Å². The molecule has 1 aliphatic carbocycles. The van der Waals surface area contributed by atoms with Crippen LogP contribution in [-0.4, -0.2) is 22.7 Å². The van der Waals surface area contributed by atoms with Crippen molar-refractivity contribution in [2.45, 2.75) is 38.3 Å². The van der Waals surface area contributed by atoms with Crippen molar-refractivity contribution in [3.05, 3.63) is 64.2 Å². The van der Waals surface area contributed by atoms with Crippen molar-refractivity contribution < 1.29 is 16.8 Å². The summed E-state index contributed by atoms with van der Waals surface area (Å²) in [5, 5.41) is 3.35. The first-order valence-electron chi connectivity index (χ1n) is 8.85. The third-order valence-electron chi connectivity index (χ3n) is 4.69. The fourth-order valence-corrected chi connectivity index (χ4v) is 3.47. The molecule has 0 unspecified atom stereocenters. The fraction of sp³-hybridized carbons (Fsp3) is 0.350. The van der Waals surface area contributed by atoms with E-state index in [-0.39, 0.29) is 37.9 Å². The van der Waals surface area contributed by atoms with Gasteiger partial charge in [-0.05, 0) is 43.9 Å². The number of benzene rings is 1. The molecule has 0 aliphatic heterocycles. The number of nitrogens with one attached hydrogen (secondary N) is 1. The van der Waals surface area contributed by atoms with Crippen molar-refractivity contribution >= 4 is 23.3 Å². The third kappa shape index (κ3) is 4.51. The van der Waals surface area contributed by atoms with E-state index in [2.05, 4.69) is 10.3 Å². The van der Waals surface area contributed by atoms with Crippen molar-refractivity contribution in [3.63, 3.8) is 0 Å². The van der Waals surface area contributed by atoms with Crippen LogP contribution < -0.4 is 11.1 Å². The molecule has 7 heteroatoms. The average Bonchev–Trinajstić information content (AvgIpc) is 3.45. The second-order valence-corrected chi connectivity index (χ2v) is 7.35. The summed E-state index contributed by atoms with van der Waals surface area (Å²) in [5.41, 5.74) is 5.82. The summed E-state index contributed by atoms with van der Waals surface area (Å²) < 4.78 is 15.4. The molecule has 0 saturated heterocycles. The van der Waals surface area contributed by atoms with Crippen molar-refractivity contribution in [2.24, 2.45) is 11.7 Å². The number of halogens is 2. The largest absolute Gasteiger partial charge is 0.370 e. The molecule has 0 bridgehead atoms. The molecular formula is C20H25ClFN3O2. The molecule has 1 heterocycles. The van der Waals surface area contributed by atoms with E-state index in [4.69, 9.17) is 17.3 Å². The molecule has 1 aromatic heterocycles. The van der Waals surface area contributed by atoms with Crippen LogP contribution >= 0.6 is 11.6 Å². The number of primary amides is 1. The number of nitrogens with zero attached hydrogens (tertiary/aromatic N) is 1. The molecule has 1 fully saturated rings. The summed E-state index contributed by atoms with van der Waals surface area (Å²) in [4.78, 5) is 27.8. The Morgan fingerprint density at radius 3 is 2.59 bits per heavy atom. The number of rotatable bonds is 8. The average molecular weight is 394 g/mol. The number of aromatic nitrogens is 1. The molecule has 146 valence electrons. The molecule has 1 amide bonds. The molecule has 3 rings (SSSR count). The summed E-state index contributed by atoms with van der Waals surface area (Å²) in [6, 6.07) is 5.69. The number of hydrogen-bond donors (Lipinski definition) is 2. The van der Waals surface area contributed by atoms with Crippen LogP contribution in [0.15, 0.2) is 36.7 Å². The van der Waals surface area contributed by atoms with Crippen molar-refractivity contribution in [3.8, 4) is 0 Å². The van der Waals surface area contributed by atoms with Gasteiger partial charge >= 0.3 is 0 Å². The molecular weight excluding hydrogens is 369 g/mol. The number of carbonyl (C=O) groups is 2. The first kappa shape index (κ1) is 19.5. The van der Waals surface area contributed by atoms with Crippen LogP contribution in [0.2, 0.25) is 5.02 Å². The Morgan fingerprint density at radius 2 is 2.00 bits per heavy atom. The number of ketones is 1. The van der Waals surface area contributed by atoms with Crippen LogP contribution in [0.5, 0.6) is 0 Å². The van der Waals surface area contributed by atoms with Crippen LogP contribution in [0.1, 0.15) is 56.6 Å². The van der Waals surface area contributed by atoms with E-state index in [1.807, 2.05) is 6.92 Å². The van der Waals surface area contributed by atoms with Crippen molar-refractivity contribution in [2.75, 3.05) is 0 Å². The van der Waals surface area contributed by atoms with E-state index in [9.17, 15) is 9.59 Å². The zero-order valence-corrected chi connectivity index (χ0v) is 15.7. The first-order valence-corrected chi connectivity index (χ1v) is 9.23. The zero-order valence-electron chi connectivity index (χ0n) is 14.9. The number of hydrogen-bond acceptors (Lipinski definition) is 4. The highest BCUT2D eigenvalue weighted by molar-refractivity contribution is 6.35. The van der Waals surface area contributed by atoms with Gasteiger partial charge in [-0.2, -0.15) is 0 Å². The molecule has 2 atom stereocenters. The maximum absolute atomic E-state index is 15.4. The Hall–Kier alpha value is -2.31. The van der Waals surface area contributed by atoms with Crippen LogP contribution in [0.3, 0.4) is 0 Å². The highest BCUT2D eigenvalue weighted by atomic mass is 35.5. The third-order valence-corrected chi connectivity index (χ3v) is 5.01. The standard InChI is InChI=1S/C20H21ClFN3O2.2H2/c1-11(10-16(23)26)25-19(12-2-3-12)14-4-5-15(21)17(18(14)22)20(27)13-6-8-24-9-7-13;;/h4-9,11-12,19,25H,2-3,10H2,1H3,(H2,23,26);2*1H/t11-,19+;;/m0../s1. The van der Waals surface area contributed by atoms with Crippen LogP contribution in [0, 0.1) is 11.7 Å². The quantitative estimate of drug-likeness (QED) is 0.666. The summed E-state index contributed by atoms with van der Waals surface area (Å²) in [7, 11) is 0. The minimum absolute atomic E-state index is 0. The summed E-state index contributed by atoms with van der Waals surface area (Å²) in [5.74, 6) is -1.28. The zero-order chi connectivity index (χ0) is 19.6. The highest BCUT2D eigenvalue weighted by Crippen LogP contribution is 2.43. The molecule has 1 aromatic carbocycles. The van der Waals surface area contributed by atoms with E-state index in [0.717, 1.165) is 12.8 Å². The van der Waals surface area contributed by atoms with Gasteiger partial charge in [0, 0.05) is 44.9 Å². The maximum Gasteiger partial charge on any atom is 0.218 e. The van der Waals surface area contributed by atoms with Gasteiger partial charge in [0.05, 0.1) is 10.6 Å². The van der Waals surface area contributed by atoms with Gasteiger partial charge in [-0.25, -0.2) is 4.39 Å². The van der Waals surface area contributed by atoms with E-state index in [1.54, 1.807) is 12.1 Å². The SMILES string of the molecule is C[C@@H](CC(N)=O)N[C@@H](c1ccc(Cl)c(C(=O)c2ccncc2)c1F)C1CC1.[HH].[HH]. The van der Waals surface area contributed by atoms with Gasteiger partial charge in [0.2, 0.25) is 5.91 Å². The van der Waals surface area contributed by atoms with E-state index < -0.39 is 17.5 Å². The van der Waals surface area contributed by atoms with E-state index >= 15 is 4.39 Å². The number of nitrogens with two attached hydrogens (primary N) is 1. The minimum Gasteiger partial charge on any atom is -0.370 e. The summed E-state index contributed by atoms with van der Waals surface area (Å²) in [6.45, 7) is 1.83. The van der Waals surface area contributed by atoms with Crippen molar-refractivity contribution in [1.29, 1.82) is 0 Å². The normalized spacial score (nSPS) is 16.0. The Morgan fingerprint density at radius 1 is 1.33 bits per heavy atom. The Kier molecular flexibility index (Phi) is 5.87. The summed E-state index contributed by atoms with van der Waals surface area (Å²) >= 11 is 6.16. The van der Waals surface area contributed by atoms with Crippen LogP contribution in [-0.2, 0) is 4.79 Å². The monoisotopic (exact) mass is 393 g/mol. The first-order chi connectivity index (χ1) is 12.9. The predicted molar refractivity (Wildman–Crippen MR) is 105 cm³/mol. The lowest BCUT2D eigenvalue weighted by molar-refractivity contribution is -0.118. The summed E-state index contributed by atoms with van der Waals surface area (Å²) in [6.07, 6.45) is 5.01. The van der Waals surface area contributed by atoms with Gasteiger partial charge in [0.25, 0.3) is 0 Å². The topological polar surface area (TPSA) is 85.1 Å². The van der Waals surface area contributed by atoms with Crippen LogP contribution in [0.4, 0.5) is 4.39 Å². The molecule has 27 heavy (non-hydrogen) atoms. The van der Waals surface area contributed by atoms with Gasteiger partial charge in [-0.3, -0.25) is 14.6 Å². The molecule has 0 spiro atoms. The predicted octanol–water partition coefficient (Wildman–Crippen LogP) is 3.90. The number of carbonyl (C=O) groups excluding carboxylic acids is 2. The number of pyridine rings is 1. The molecule has 0 radical (unpaired) electrons. The fourth-order valence-electron chi connectivity index (χ4n) is 3.24. The minimum atomic E-state index is -0.625. The molecule has 3 N–H and O–H groups in total. The maximum atomic E-state index is 15.4. The molecule has 5 nitrogen and oxygen atoms in total. The molecule has 1 aliphatic rings. The Labute approximate surface area is 165 Å². The van der Waals surface area contributed by atoms with Gasteiger partial charge in [0.1, 0.15) is 5.82 Å². The molecule has 2 aromatic rings. The van der Waals surface area contributed by atoms with Gasteiger partial charge in [0.15, 0.2) is 5.78 Å². The van der Waals surface area contributed by atoms with Crippen molar-refractivity contribution in [1.82, 2.24) is 10.3 Å². The van der Waals surface area contributed by atoms with E-state index in [0.29, 0.717) is 11.1 Å². The van der Waals surface area contributed by atoms with Gasteiger partial charge in [-0.15, -0.1) is 0 Å². The Bertz CT molecular complexity index is 866. The second-order valence-electron chi connectivity index (χ2n) is 6.94. The molecule has 1 saturated carbocycles. The second kappa shape index (κ2) is 8.15. The van der Waals surface area contributed by atoms with E-state index in [1.165, 1.54) is 24.5 Å². The Balaban J connectivity index is 0.00000210. The van der Waals surface area contributed by atoms with Crippen LogP contribution in [0.25, 0.3) is 0 Å². The number of amides is 1. The lowest BCUT2D eigenvalue weighted by atomic mass is 9.95. The lowest BCUT2D eigenvalue weighted by Gasteiger charge is -2.24. The lowest BCUT2D eigenvalue weighted by Crippen LogP contribution is -2.35. The smallest absolute Gasteiger partial charge is 0.218 e.